The summed E-state index contributed by atoms with van der Waals surface area (Å²) in [4.78, 5) is 0. The summed E-state index contributed by atoms with van der Waals surface area (Å²) < 4.78 is 4.46. The van der Waals surface area contributed by atoms with Crippen molar-refractivity contribution in [3.05, 3.63) is 168 Å². The molecule has 0 aliphatic carbocycles. The van der Waals surface area contributed by atoms with Gasteiger partial charge in [-0.3, -0.25) is 0 Å². The van der Waals surface area contributed by atoms with Crippen molar-refractivity contribution < 1.29 is 0 Å². The number of nitriles is 3. The van der Waals surface area contributed by atoms with Crippen molar-refractivity contribution in [3.8, 4) is 51.8 Å². The largest absolute Gasteiger partial charge is 0.309 e. The average Bonchev–Trinajstić information content (AvgIpc) is 3.70. The SMILES string of the molecule is N#Cc1cc(-c2ccc(C#N)cc2-c2ccccc2-n2c3ccccc3c3cc(C#N)ccc32)cc(-n2c3ccccc3c3ccccc32)c1. The predicted octanol–water partition coefficient (Wildman–Crippen LogP) is 10.8. The standard InChI is InChI=1S/C45H25N5/c46-26-29-17-19-34(32-21-31(28-48)22-33(25-32)49-41-13-5-1-9-35(41)36-10-2-6-14-42(36)49)39(23-29)37-11-3-7-15-43(37)50-44-16-8-4-12-38(44)40-24-30(27-47)18-20-45(40)50/h1-25H. The van der Waals surface area contributed by atoms with Gasteiger partial charge in [0, 0.05) is 32.8 Å². The highest BCUT2D eigenvalue weighted by molar-refractivity contribution is 6.11. The van der Waals surface area contributed by atoms with Crippen LogP contribution >= 0.6 is 0 Å². The lowest BCUT2D eigenvalue weighted by molar-refractivity contribution is 1.18. The van der Waals surface area contributed by atoms with E-state index in [1.165, 1.54) is 0 Å². The Labute approximate surface area is 287 Å². The van der Waals surface area contributed by atoms with E-state index in [4.69, 9.17) is 0 Å². The van der Waals surface area contributed by atoms with E-state index in [0.29, 0.717) is 16.7 Å². The molecule has 9 rings (SSSR count). The number of rotatable bonds is 4. The summed E-state index contributed by atoms with van der Waals surface area (Å²) in [6.07, 6.45) is 0. The first kappa shape index (κ1) is 28.8. The maximum absolute atomic E-state index is 10.3. The van der Waals surface area contributed by atoms with Crippen LogP contribution in [-0.2, 0) is 0 Å². The zero-order chi connectivity index (χ0) is 33.8. The molecule has 50 heavy (non-hydrogen) atoms. The van der Waals surface area contributed by atoms with Gasteiger partial charge in [0.05, 0.1) is 62.7 Å². The number of benzene rings is 7. The lowest BCUT2D eigenvalue weighted by Gasteiger charge is -2.18. The molecule has 0 saturated heterocycles. The van der Waals surface area contributed by atoms with Gasteiger partial charge in [-0.05, 0) is 89.5 Å². The van der Waals surface area contributed by atoms with Crippen molar-refractivity contribution >= 4 is 43.6 Å². The van der Waals surface area contributed by atoms with Crippen LogP contribution in [-0.4, -0.2) is 9.13 Å². The van der Waals surface area contributed by atoms with Crippen LogP contribution in [0.15, 0.2) is 152 Å². The Balaban J connectivity index is 1.32. The topological polar surface area (TPSA) is 81.2 Å². The van der Waals surface area contributed by atoms with Gasteiger partial charge in [0.2, 0.25) is 0 Å². The van der Waals surface area contributed by atoms with Crippen LogP contribution in [0.4, 0.5) is 0 Å². The summed E-state index contributed by atoms with van der Waals surface area (Å²) >= 11 is 0. The van der Waals surface area contributed by atoms with Crippen molar-refractivity contribution in [2.45, 2.75) is 0 Å². The van der Waals surface area contributed by atoms with Gasteiger partial charge >= 0.3 is 0 Å². The van der Waals surface area contributed by atoms with Gasteiger partial charge < -0.3 is 9.13 Å². The van der Waals surface area contributed by atoms with Gasteiger partial charge in [-0.25, -0.2) is 0 Å². The van der Waals surface area contributed by atoms with E-state index < -0.39 is 0 Å². The van der Waals surface area contributed by atoms with Crippen LogP contribution < -0.4 is 0 Å². The summed E-state index contributed by atoms with van der Waals surface area (Å²) in [5, 5.41) is 34.4. The molecule has 0 N–H and O–H groups in total. The summed E-state index contributed by atoms with van der Waals surface area (Å²) in [6, 6.07) is 57.7. The van der Waals surface area contributed by atoms with Crippen LogP contribution in [0, 0.1) is 34.0 Å². The van der Waals surface area contributed by atoms with E-state index in [9.17, 15) is 15.8 Å². The molecule has 0 aliphatic heterocycles. The van der Waals surface area contributed by atoms with Gasteiger partial charge in [-0.15, -0.1) is 0 Å². The molecule has 0 fully saturated rings. The van der Waals surface area contributed by atoms with Gasteiger partial charge in [0.1, 0.15) is 0 Å². The second-order valence-electron chi connectivity index (χ2n) is 12.3. The molecular weight excluding hydrogens is 611 g/mol. The molecule has 0 aliphatic rings. The Morgan fingerprint density at radius 2 is 0.900 bits per heavy atom. The minimum atomic E-state index is 0.540. The van der Waals surface area contributed by atoms with E-state index in [-0.39, 0.29) is 0 Å². The first-order valence-electron chi connectivity index (χ1n) is 16.3. The molecule has 0 atom stereocenters. The van der Waals surface area contributed by atoms with Gasteiger partial charge in [0.25, 0.3) is 0 Å². The maximum atomic E-state index is 10.3. The van der Waals surface area contributed by atoms with Crippen LogP contribution in [0.3, 0.4) is 0 Å². The number of aromatic nitrogens is 2. The lowest BCUT2D eigenvalue weighted by Crippen LogP contribution is -1.99. The zero-order valence-corrected chi connectivity index (χ0v) is 26.7. The summed E-state index contributed by atoms with van der Waals surface area (Å²) in [5.41, 5.74) is 11.2. The molecule has 7 aromatic carbocycles. The molecule has 0 unspecified atom stereocenters. The highest BCUT2D eigenvalue weighted by Gasteiger charge is 2.20. The average molecular weight is 636 g/mol. The molecule has 9 aromatic rings. The summed E-state index contributed by atoms with van der Waals surface area (Å²) in [7, 11) is 0. The third kappa shape index (κ3) is 4.38. The first-order chi connectivity index (χ1) is 24.7. The number of nitrogens with zero attached hydrogens (tertiary/aromatic N) is 5. The van der Waals surface area contributed by atoms with E-state index >= 15 is 0 Å². The molecule has 0 radical (unpaired) electrons. The second-order valence-corrected chi connectivity index (χ2v) is 12.3. The molecule has 0 bridgehead atoms. The Morgan fingerprint density at radius 1 is 0.360 bits per heavy atom. The fourth-order valence-electron chi connectivity index (χ4n) is 7.45. The molecule has 0 spiro atoms. The van der Waals surface area contributed by atoms with E-state index in [0.717, 1.165) is 77.2 Å². The number of hydrogen-bond acceptors (Lipinski definition) is 3. The number of hydrogen-bond donors (Lipinski definition) is 0. The molecule has 2 heterocycles. The first-order valence-corrected chi connectivity index (χ1v) is 16.3. The Morgan fingerprint density at radius 3 is 1.58 bits per heavy atom. The number of fused-ring (bicyclic) bond motifs is 6. The Hall–Kier alpha value is -7.39. The summed E-state index contributed by atoms with van der Waals surface area (Å²) in [6.45, 7) is 0. The van der Waals surface area contributed by atoms with Crippen LogP contribution in [0.5, 0.6) is 0 Å². The third-order valence-corrected chi connectivity index (χ3v) is 9.58. The van der Waals surface area contributed by atoms with Gasteiger partial charge in [-0.2, -0.15) is 15.8 Å². The lowest BCUT2D eigenvalue weighted by atomic mass is 9.91. The number of para-hydroxylation sites is 4. The normalized spacial score (nSPS) is 11.1. The highest BCUT2D eigenvalue weighted by atomic mass is 15.0. The Kier molecular flexibility index (Phi) is 6.56. The molecule has 0 amide bonds. The zero-order valence-electron chi connectivity index (χ0n) is 26.7. The monoisotopic (exact) mass is 635 g/mol. The van der Waals surface area contributed by atoms with Crippen LogP contribution in [0.25, 0.3) is 77.2 Å². The smallest absolute Gasteiger partial charge is 0.0992 e. The Bertz CT molecular complexity index is 2920. The molecule has 5 heteroatoms. The van der Waals surface area contributed by atoms with E-state index in [1.54, 1.807) is 0 Å². The van der Waals surface area contributed by atoms with Crippen molar-refractivity contribution in [2.24, 2.45) is 0 Å². The predicted molar refractivity (Wildman–Crippen MR) is 200 cm³/mol. The van der Waals surface area contributed by atoms with E-state index in [2.05, 4.69) is 94.1 Å². The second kappa shape index (κ2) is 11.4. The minimum absolute atomic E-state index is 0.540. The fourth-order valence-corrected chi connectivity index (χ4v) is 7.45. The molecule has 0 saturated carbocycles. The van der Waals surface area contributed by atoms with Crippen molar-refractivity contribution in [3.63, 3.8) is 0 Å². The quantitative estimate of drug-likeness (QED) is 0.193. The fraction of sp³-hybridized carbons (Fsp3) is 0. The molecule has 5 nitrogen and oxygen atoms in total. The van der Waals surface area contributed by atoms with Gasteiger partial charge in [0.15, 0.2) is 0 Å². The van der Waals surface area contributed by atoms with Crippen molar-refractivity contribution in [1.29, 1.82) is 15.8 Å². The minimum Gasteiger partial charge on any atom is -0.309 e. The van der Waals surface area contributed by atoms with Crippen molar-refractivity contribution in [1.82, 2.24) is 9.13 Å². The molecule has 2 aromatic heterocycles. The van der Waals surface area contributed by atoms with Crippen LogP contribution in [0.1, 0.15) is 16.7 Å². The van der Waals surface area contributed by atoms with E-state index in [1.807, 2.05) is 84.9 Å². The highest BCUT2D eigenvalue weighted by Crippen LogP contribution is 2.41. The molecule has 230 valence electrons. The maximum Gasteiger partial charge on any atom is 0.0992 e. The van der Waals surface area contributed by atoms with Crippen molar-refractivity contribution in [2.75, 3.05) is 0 Å². The third-order valence-electron chi connectivity index (χ3n) is 9.58. The van der Waals surface area contributed by atoms with Gasteiger partial charge in [-0.1, -0.05) is 78.9 Å². The van der Waals surface area contributed by atoms with Crippen LogP contribution in [0.2, 0.25) is 0 Å². The summed E-state index contributed by atoms with van der Waals surface area (Å²) in [5.74, 6) is 0. The molecular formula is C45H25N5.